The normalized spacial score (nSPS) is 12.1. The molecule has 1 heterocycles. The molecule has 0 aliphatic carbocycles. The minimum Gasteiger partial charge on any atom is -0.249 e. The van der Waals surface area contributed by atoms with Crippen molar-refractivity contribution in [2.45, 2.75) is 59.4 Å². The zero-order valence-corrected chi connectivity index (χ0v) is 9.96. The summed E-state index contributed by atoms with van der Waals surface area (Å²) in [4.78, 5) is 0. The van der Waals surface area contributed by atoms with Crippen LogP contribution < -0.4 is 0 Å². The third-order valence-electron chi connectivity index (χ3n) is 2.34. The summed E-state index contributed by atoms with van der Waals surface area (Å²) in [6.07, 6.45) is 2.37. The van der Waals surface area contributed by atoms with Crippen molar-refractivity contribution in [3.05, 3.63) is 11.4 Å². The quantitative estimate of drug-likeness (QED) is 0.742. The molecular formula is C11H21N3. The highest BCUT2D eigenvalue weighted by Crippen LogP contribution is 2.24. The molecule has 0 radical (unpaired) electrons. The van der Waals surface area contributed by atoms with Crippen LogP contribution in [0.2, 0.25) is 0 Å². The Balaban J connectivity index is 2.95. The summed E-state index contributed by atoms with van der Waals surface area (Å²) in [5.41, 5.74) is 2.47. The van der Waals surface area contributed by atoms with Crippen LogP contribution in [-0.2, 0) is 12.0 Å². The molecule has 0 spiro atoms. The van der Waals surface area contributed by atoms with Gasteiger partial charge in [0, 0.05) is 12.0 Å². The van der Waals surface area contributed by atoms with Crippen molar-refractivity contribution < 1.29 is 0 Å². The Bertz CT molecular complexity index is 294. The van der Waals surface area contributed by atoms with E-state index in [1.807, 2.05) is 6.92 Å². The summed E-state index contributed by atoms with van der Waals surface area (Å²) in [5.74, 6) is 0. The monoisotopic (exact) mass is 195 g/mol. The second-order valence-corrected chi connectivity index (χ2v) is 4.85. The van der Waals surface area contributed by atoms with Gasteiger partial charge in [-0.25, -0.2) is 4.68 Å². The molecule has 0 amide bonds. The van der Waals surface area contributed by atoms with Crippen molar-refractivity contribution in [2.24, 2.45) is 0 Å². The third-order valence-corrected chi connectivity index (χ3v) is 2.34. The van der Waals surface area contributed by atoms with E-state index in [4.69, 9.17) is 0 Å². The molecule has 0 aromatic carbocycles. The molecule has 3 nitrogen and oxygen atoms in total. The number of hydrogen-bond acceptors (Lipinski definition) is 2. The van der Waals surface area contributed by atoms with Crippen molar-refractivity contribution >= 4 is 0 Å². The Morgan fingerprint density at radius 3 is 2.43 bits per heavy atom. The molecule has 0 saturated heterocycles. The Kier molecular flexibility index (Phi) is 3.29. The zero-order chi connectivity index (χ0) is 10.8. The van der Waals surface area contributed by atoms with Crippen LogP contribution in [0.15, 0.2) is 0 Å². The highest BCUT2D eigenvalue weighted by Gasteiger charge is 2.22. The predicted molar refractivity (Wildman–Crippen MR) is 58.4 cm³/mol. The minimum atomic E-state index is 0.140. The van der Waals surface area contributed by atoms with E-state index < -0.39 is 0 Å². The van der Waals surface area contributed by atoms with Crippen molar-refractivity contribution in [1.82, 2.24) is 15.0 Å². The maximum absolute atomic E-state index is 4.19. The number of hydrogen-bond donors (Lipinski definition) is 0. The molecule has 0 fully saturated rings. The first kappa shape index (κ1) is 11.2. The van der Waals surface area contributed by atoms with Crippen LogP contribution in [0.25, 0.3) is 0 Å². The zero-order valence-electron chi connectivity index (χ0n) is 9.96. The number of rotatable bonds is 3. The molecule has 1 aromatic heterocycles. The fourth-order valence-electron chi connectivity index (χ4n) is 1.79. The fourth-order valence-corrected chi connectivity index (χ4v) is 1.79. The Hall–Kier alpha value is -0.860. The summed E-state index contributed by atoms with van der Waals surface area (Å²) in [7, 11) is 0. The van der Waals surface area contributed by atoms with Gasteiger partial charge in [-0.3, -0.25) is 0 Å². The molecule has 0 aliphatic heterocycles. The molecule has 0 aliphatic rings. The van der Waals surface area contributed by atoms with Crippen LogP contribution in [0.5, 0.6) is 0 Å². The van der Waals surface area contributed by atoms with E-state index in [0.29, 0.717) is 0 Å². The van der Waals surface area contributed by atoms with Crippen LogP contribution in [0.3, 0.4) is 0 Å². The van der Waals surface area contributed by atoms with Crippen LogP contribution in [0.1, 0.15) is 51.9 Å². The highest BCUT2D eigenvalue weighted by molar-refractivity contribution is 5.17. The van der Waals surface area contributed by atoms with Gasteiger partial charge in [0.2, 0.25) is 0 Å². The number of nitrogens with zero attached hydrogens (tertiary/aromatic N) is 3. The molecular weight excluding hydrogens is 174 g/mol. The lowest BCUT2D eigenvalue weighted by atomic mass is 9.90. The third kappa shape index (κ3) is 2.34. The van der Waals surface area contributed by atoms with E-state index in [2.05, 4.69) is 42.7 Å². The van der Waals surface area contributed by atoms with E-state index in [9.17, 15) is 0 Å². The Morgan fingerprint density at radius 2 is 1.93 bits per heavy atom. The predicted octanol–water partition coefficient (Wildman–Crippen LogP) is 2.68. The van der Waals surface area contributed by atoms with Gasteiger partial charge in [-0.1, -0.05) is 39.3 Å². The summed E-state index contributed by atoms with van der Waals surface area (Å²) >= 11 is 0. The summed E-state index contributed by atoms with van der Waals surface area (Å²) in [6.45, 7) is 11.9. The van der Waals surface area contributed by atoms with E-state index in [1.165, 1.54) is 18.5 Å². The first-order valence-corrected chi connectivity index (χ1v) is 5.37. The van der Waals surface area contributed by atoms with Gasteiger partial charge < -0.3 is 0 Å². The Labute approximate surface area is 86.5 Å². The van der Waals surface area contributed by atoms with Gasteiger partial charge in [0.05, 0.1) is 11.4 Å². The SMILES string of the molecule is CCCCn1nnc(C)c1C(C)(C)C. The molecule has 80 valence electrons. The second-order valence-electron chi connectivity index (χ2n) is 4.85. The average molecular weight is 195 g/mol. The molecule has 0 N–H and O–H groups in total. The van der Waals surface area contributed by atoms with Crippen molar-refractivity contribution in [2.75, 3.05) is 0 Å². The number of aromatic nitrogens is 3. The van der Waals surface area contributed by atoms with Gasteiger partial charge in [0.15, 0.2) is 0 Å². The standard InChI is InChI=1S/C11H21N3/c1-6-7-8-14-10(11(3,4)5)9(2)12-13-14/h6-8H2,1-5H3. The average Bonchev–Trinajstić information content (AvgIpc) is 2.42. The second kappa shape index (κ2) is 4.11. The summed E-state index contributed by atoms with van der Waals surface area (Å²) < 4.78 is 2.05. The molecule has 14 heavy (non-hydrogen) atoms. The highest BCUT2D eigenvalue weighted by atomic mass is 15.4. The smallest absolute Gasteiger partial charge is 0.0833 e. The number of unbranched alkanes of at least 4 members (excludes halogenated alkanes) is 1. The summed E-state index contributed by atoms with van der Waals surface area (Å²) in [5, 5.41) is 8.34. The molecule has 0 unspecified atom stereocenters. The minimum absolute atomic E-state index is 0.140. The Morgan fingerprint density at radius 1 is 1.29 bits per heavy atom. The molecule has 3 heteroatoms. The van der Waals surface area contributed by atoms with E-state index >= 15 is 0 Å². The fraction of sp³-hybridized carbons (Fsp3) is 0.818. The van der Waals surface area contributed by atoms with Gasteiger partial charge in [-0.05, 0) is 13.3 Å². The lowest BCUT2D eigenvalue weighted by Crippen LogP contribution is -2.19. The maximum atomic E-state index is 4.19. The lowest BCUT2D eigenvalue weighted by molar-refractivity contribution is 0.466. The van der Waals surface area contributed by atoms with E-state index in [1.54, 1.807) is 0 Å². The first-order valence-electron chi connectivity index (χ1n) is 5.37. The molecule has 0 bridgehead atoms. The molecule has 1 rings (SSSR count). The molecule has 0 atom stereocenters. The van der Waals surface area contributed by atoms with Crippen molar-refractivity contribution in [1.29, 1.82) is 0 Å². The van der Waals surface area contributed by atoms with Gasteiger partial charge >= 0.3 is 0 Å². The maximum Gasteiger partial charge on any atom is 0.0833 e. The topological polar surface area (TPSA) is 30.7 Å². The molecule has 1 aromatic rings. The van der Waals surface area contributed by atoms with Gasteiger partial charge in [0.1, 0.15) is 0 Å². The number of aryl methyl sites for hydroxylation is 2. The van der Waals surface area contributed by atoms with E-state index in [0.717, 1.165) is 12.2 Å². The van der Waals surface area contributed by atoms with Gasteiger partial charge in [-0.15, -0.1) is 5.10 Å². The lowest BCUT2D eigenvalue weighted by Gasteiger charge is -2.20. The van der Waals surface area contributed by atoms with E-state index in [-0.39, 0.29) is 5.41 Å². The van der Waals surface area contributed by atoms with Crippen LogP contribution in [0, 0.1) is 6.92 Å². The van der Waals surface area contributed by atoms with Crippen molar-refractivity contribution in [3.63, 3.8) is 0 Å². The van der Waals surface area contributed by atoms with Crippen LogP contribution >= 0.6 is 0 Å². The summed E-state index contributed by atoms with van der Waals surface area (Å²) in [6, 6.07) is 0. The first-order chi connectivity index (χ1) is 6.46. The van der Waals surface area contributed by atoms with Gasteiger partial charge in [-0.2, -0.15) is 0 Å². The van der Waals surface area contributed by atoms with Crippen LogP contribution in [-0.4, -0.2) is 15.0 Å². The largest absolute Gasteiger partial charge is 0.249 e. The van der Waals surface area contributed by atoms with Gasteiger partial charge in [0.25, 0.3) is 0 Å². The van der Waals surface area contributed by atoms with Crippen molar-refractivity contribution in [3.8, 4) is 0 Å². The molecule has 0 saturated carbocycles. The van der Waals surface area contributed by atoms with Crippen LogP contribution in [0.4, 0.5) is 0 Å².